The van der Waals surface area contributed by atoms with Crippen molar-refractivity contribution in [2.75, 3.05) is 17.2 Å². The second kappa shape index (κ2) is 8.70. The van der Waals surface area contributed by atoms with Crippen molar-refractivity contribution in [3.05, 3.63) is 106 Å². The molecule has 0 bridgehead atoms. The molecule has 1 atom stereocenters. The second-order valence-corrected chi connectivity index (χ2v) is 7.24. The minimum Gasteiger partial charge on any atom is -0.387 e. The van der Waals surface area contributed by atoms with Crippen molar-refractivity contribution in [2.24, 2.45) is 5.73 Å². The Hall–Kier alpha value is -3.88. The predicted octanol–water partition coefficient (Wildman–Crippen LogP) is 3.77. The molecular weight excluding hydrogens is 416 g/mol. The summed E-state index contributed by atoms with van der Waals surface area (Å²) in [5.74, 6) is -3.33. The summed E-state index contributed by atoms with van der Waals surface area (Å²) in [7, 11) is 0. The lowest BCUT2D eigenvalue weighted by molar-refractivity contribution is 0.0960. The van der Waals surface area contributed by atoms with Gasteiger partial charge in [-0.25, -0.2) is 8.78 Å². The van der Waals surface area contributed by atoms with Crippen molar-refractivity contribution in [1.82, 2.24) is 0 Å². The van der Waals surface area contributed by atoms with Gasteiger partial charge in [0.1, 0.15) is 23.0 Å². The molecule has 32 heavy (non-hydrogen) atoms. The maximum atomic E-state index is 13.8. The molecule has 0 saturated carbocycles. The van der Waals surface area contributed by atoms with Crippen LogP contribution in [0.2, 0.25) is 0 Å². The molecule has 162 valence electrons. The fourth-order valence-corrected chi connectivity index (χ4v) is 3.45. The van der Waals surface area contributed by atoms with Gasteiger partial charge in [0.25, 0.3) is 0 Å². The molecule has 0 fully saturated rings. The van der Waals surface area contributed by atoms with Crippen molar-refractivity contribution in [1.29, 1.82) is 0 Å². The van der Waals surface area contributed by atoms with Crippen molar-refractivity contribution in [3.63, 3.8) is 0 Å². The number of para-hydroxylation sites is 2. The quantitative estimate of drug-likeness (QED) is 0.203. The largest absolute Gasteiger partial charge is 0.387 e. The van der Waals surface area contributed by atoms with Crippen LogP contribution in [0.25, 0.3) is 0 Å². The summed E-state index contributed by atoms with van der Waals surface area (Å²) in [6.07, 6.45) is -0.987. The number of nitrogens with two attached hydrogens (primary N) is 1. The average Bonchev–Trinajstić information content (AvgIpc) is 3.21. The second-order valence-electron chi connectivity index (χ2n) is 7.24. The number of aliphatic hydroxyl groups is 1. The molecule has 0 saturated heterocycles. The van der Waals surface area contributed by atoms with E-state index in [4.69, 9.17) is 5.73 Å². The van der Waals surface area contributed by atoms with E-state index >= 15 is 0 Å². The molecule has 3 aromatic rings. The number of hydrogen-bond donors (Lipinski definition) is 4. The van der Waals surface area contributed by atoms with Crippen molar-refractivity contribution in [2.45, 2.75) is 6.10 Å². The minimum atomic E-state index is -0.987. The predicted molar refractivity (Wildman–Crippen MR) is 116 cm³/mol. The Bertz CT molecular complexity index is 1210. The van der Waals surface area contributed by atoms with Crippen LogP contribution in [-0.4, -0.2) is 23.2 Å². The van der Waals surface area contributed by atoms with Crippen LogP contribution >= 0.6 is 0 Å². The summed E-state index contributed by atoms with van der Waals surface area (Å²) < 4.78 is 27.6. The highest BCUT2D eigenvalue weighted by molar-refractivity contribution is 6.32. The van der Waals surface area contributed by atoms with E-state index in [0.717, 1.165) is 12.1 Å². The molecule has 1 aliphatic heterocycles. The Kier molecular flexibility index (Phi) is 5.81. The zero-order valence-corrected chi connectivity index (χ0v) is 16.7. The van der Waals surface area contributed by atoms with E-state index in [1.165, 1.54) is 12.1 Å². The zero-order chi connectivity index (χ0) is 22.8. The number of rotatable bonds is 6. The normalized spacial score (nSPS) is 13.1. The Morgan fingerprint density at radius 2 is 1.44 bits per heavy atom. The summed E-state index contributed by atoms with van der Waals surface area (Å²) in [5, 5.41) is 16.0. The van der Waals surface area contributed by atoms with Gasteiger partial charge in [0.15, 0.2) is 0 Å². The highest BCUT2D eigenvalue weighted by Crippen LogP contribution is 2.33. The summed E-state index contributed by atoms with van der Waals surface area (Å²) in [4.78, 5) is 26.8. The number of Topliss-reactive ketones (excluding diaryl/α,β-unsaturated/α-hetero) is 2. The van der Waals surface area contributed by atoms with Gasteiger partial charge in [-0.05, 0) is 35.9 Å². The highest BCUT2D eigenvalue weighted by atomic mass is 19.1. The fourth-order valence-electron chi connectivity index (χ4n) is 3.45. The minimum absolute atomic E-state index is 0.0501. The third kappa shape index (κ3) is 4.14. The number of carbonyl (C=O) groups is 2. The summed E-state index contributed by atoms with van der Waals surface area (Å²) >= 11 is 0. The summed E-state index contributed by atoms with van der Waals surface area (Å²) in [6, 6.07) is 15.5. The molecule has 1 unspecified atom stereocenters. The number of carbonyl (C=O) groups excluding carboxylic acids is 2. The van der Waals surface area contributed by atoms with Crippen LogP contribution in [0.1, 0.15) is 32.4 Å². The summed E-state index contributed by atoms with van der Waals surface area (Å²) in [5.41, 5.74) is 6.66. The van der Waals surface area contributed by atoms with E-state index < -0.39 is 29.3 Å². The molecule has 4 rings (SSSR count). The first-order valence-corrected chi connectivity index (χ1v) is 9.78. The van der Waals surface area contributed by atoms with Crippen LogP contribution in [-0.2, 0) is 0 Å². The van der Waals surface area contributed by atoms with Gasteiger partial charge >= 0.3 is 0 Å². The molecule has 6 nitrogen and oxygen atoms in total. The molecular formula is C24H19F2N3O3. The van der Waals surface area contributed by atoms with E-state index in [1.54, 1.807) is 36.4 Å². The number of halogens is 2. The van der Waals surface area contributed by atoms with Crippen molar-refractivity contribution >= 4 is 22.9 Å². The first-order chi connectivity index (χ1) is 15.4. The molecule has 0 spiro atoms. The number of benzene rings is 3. The third-order valence-corrected chi connectivity index (χ3v) is 5.03. The van der Waals surface area contributed by atoms with E-state index in [1.807, 2.05) is 0 Å². The number of aliphatic hydroxyl groups excluding tert-OH is 1. The van der Waals surface area contributed by atoms with Crippen LogP contribution in [0.3, 0.4) is 0 Å². The lowest BCUT2D eigenvalue weighted by Crippen LogP contribution is -2.21. The Morgan fingerprint density at radius 3 is 2.03 bits per heavy atom. The number of fused-ring (bicyclic) bond motifs is 1. The third-order valence-electron chi connectivity index (χ3n) is 5.03. The van der Waals surface area contributed by atoms with Gasteiger partial charge < -0.3 is 21.5 Å². The van der Waals surface area contributed by atoms with Gasteiger partial charge in [0.2, 0.25) is 11.6 Å². The van der Waals surface area contributed by atoms with Gasteiger partial charge in [-0.2, -0.15) is 0 Å². The topological polar surface area (TPSA) is 104 Å². The van der Waals surface area contributed by atoms with E-state index in [0.29, 0.717) is 23.0 Å². The first kappa shape index (κ1) is 21.4. The Balaban J connectivity index is 1.83. The highest BCUT2D eigenvalue weighted by Gasteiger charge is 2.30. The van der Waals surface area contributed by atoms with Crippen molar-refractivity contribution in [3.8, 4) is 0 Å². The molecule has 0 amide bonds. The molecule has 8 heteroatoms. The first-order valence-electron chi connectivity index (χ1n) is 9.78. The maximum Gasteiger partial charge on any atom is 0.200 e. The number of nitrogens with one attached hydrogen (secondary N) is 2. The molecule has 3 aromatic carbocycles. The molecule has 0 aromatic heterocycles. The smallest absolute Gasteiger partial charge is 0.200 e. The van der Waals surface area contributed by atoms with Crippen LogP contribution in [0.15, 0.2) is 78.1 Å². The SMILES string of the molecule is NCC(O)c1cccc(C(=O)C(C(=O)c2cc(F)cc(F)c2)=C2Nc3ccccc3N2)c1. The lowest BCUT2D eigenvalue weighted by atomic mass is 9.93. The molecule has 1 aliphatic rings. The standard InChI is InChI=1S/C24H19F2N3O3/c25-16-9-15(10-17(26)11-16)23(32)21(24-28-18-6-1-2-7-19(18)29-24)22(31)14-5-3-4-13(8-14)20(30)12-27/h1-11,20,28-30H,12,27H2. The Morgan fingerprint density at radius 1 is 0.844 bits per heavy atom. The Labute approximate surface area is 182 Å². The van der Waals surface area contributed by atoms with Gasteiger partial charge in [0, 0.05) is 23.7 Å². The molecule has 0 radical (unpaired) electrons. The summed E-state index contributed by atoms with van der Waals surface area (Å²) in [6.45, 7) is -0.0501. The van der Waals surface area contributed by atoms with Gasteiger partial charge in [-0.15, -0.1) is 0 Å². The fraction of sp³-hybridized carbons (Fsp3) is 0.0833. The van der Waals surface area contributed by atoms with Crippen LogP contribution in [0.5, 0.6) is 0 Å². The number of ketones is 2. The zero-order valence-electron chi connectivity index (χ0n) is 16.7. The van der Waals surface area contributed by atoms with Gasteiger partial charge in [-0.3, -0.25) is 9.59 Å². The molecule has 1 heterocycles. The average molecular weight is 435 g/mol. The van der Waals surface area contributed by atoms with Gasteiger partial charge in [0.05, 0.1) is 17.5 Å². The van der Waals surface area contributed by atoms with Crippen molar-refractivity contribution < 1.29 is 23.5 Å². The molecule has 5 N–H and O–H groups in total. The monoisotopic (exact) mass is 435 g/mol. The van der Waals surface area contributed by atoms with E-state index in [-0.39, 0.29) is 29.1 Å². The van der Waals surface area contributed by atoms with Gasteiger partial charge in [-0.1, -0.05) is 30.3 Å². The van der Waals surface area contributed by atoms with E-state index in [9.17, 15) is 23.5 Å². The van der Waals surface area contributed by atoms with Crippen LogP contribution in [0, 0.1) is 11.6 Å². The lowest BCUT2D eigenvalue weighted by Gasteiger charge is -2.13. The van der Waals surface area contributed by atoms with Crippen LogP contribution < -0.4 is 16.4 Å². The van der Waals surface area contributed by atoms with Crippen LogP contribution in [0.4, 0.5) is 20.2 Å². The maximum absolute atomic E-state index is 13.8. The number of anilines is 2. The number of allylic oxidation sites excluding steroid dienone is 1. The number of hydrogen-bond acceptors (Lipinski definition) is 6. The van der Waals surface area contributed by atoms with E-state index in [2.05, 4.69) is 10.6 Å². The molecule has 0 aliphatic carbocycles.